The van der Waals surface area contributed by atoms with Crippen molar-refractivity contribution in [2.75, 3.05) is 57.5 Å². The van der Waals surface area contributed by atoms with Crippen molar-refractivity contribution in [3.63, 3.8) is 0 Å². The first-order chi connectivity index (χ1) is 19.7. The third-order valence-corrected chi connectivity index (χ3v) is 6.64. The van der Waals surface area contributed by atoms with Crippen LogP contribution in [-0.2, 0) is 9.59 Å². The second kappa shape index (κ2) is 15.4. The molecular formula is C30H40N8O3. The Bertz CT molecular complexity index is 1290. The molecule has 0 bridgehead atoms. The number of hydrogen-bond donors (Lipinski definition) is 3. The van der Waals surface area contributed by atoms with E-state index in [1.165, 1.54) is 11.0 Å². The molecule has 11 nitrogen and oxygen atoms in total. The van der Waals surface area contributed by atoms with Crippen LogP contribution in [0.5, 0.6) is 0 Å². The van der Waals surface area contributed by atoms with Crippen LogP contribution in [-0.4, -0.2) is 90.9 Å². The average molecular weight is 561 g/mol. The number of carbonyl (C=O) groups excluding carboxylic acids is 3. The number of amides is 3. The highest BCUT2D eigenvalue weighted by Crippen LogP contribution is 2.24. The van der Waals surface area contributed by atoms with Crippen molar-refractivity contribution < 1.29 is 14.4 Å². The van der Waals surface area contributed by atoms with Crippen LogP contribution in [0.25, 0.3) is 0 Å². The standard InChI is InChI=1S/C30H40N8O3/c1-22(37(4)26(39)12-10-18-36(2)3)29(41)32-17-7-5-6-11-24-21-33-30(35-28(24)38-19-8-9-20-38)34-25-15-13-23(14-16-25)27(31)40/h10,12-16,21-22H,5,7-9,17-20H2,1-4H3,(H2,31,40)(H,32,41)(H,33,34,35)/t22-/m0/s1. The lowest BCUT2D eigenvalue weighted by Crippen LogP contribution is -2.45. The van der Waals surface area contributed by atoms with Gasteiger partial charge in [0.05, 0.1) is 11.8 Å². The molecular weight excluding hydrogens is 520 g/mol. The second-order valence-corrected chi connectivity index (χ2v) is 10.2. The predicted molar refractivity (Wildman–Crippen MR) is 161 cm³/mol. The normalized spacial score (nSPS) is 13.5. The summed E-state index contributed by atoms with van der Waals surface area (Å²) < 4.78 is 0. The van der Waals surface area contributed by atoms with Crippen LogP contribution in [0.2, 0.25) is 0 Å². The third-order valence-electron chi connectivity index (χ3n) is 6.64. The quantitative estimate of drug-likeness (QED) is 0.204. The van der Waals surface area contributed by atoms with Crippen molar-refractivity contribution >= 4 is 35.2 Å². The van der Waals surface area contributed by atoms with E-state index in [0.717, 1.165) is 43.0 Å². The summed E-state index contributed by atoms with van der Waals surface area (Å²) in [6.07, 6.45) is 8.44. The van der Waals surface area contributed by atoms with Gasteiger partial charge in [-0.1, -0.05) is 17.9 Å². The lowest BCUT2D eigenvalue weighted by Gasteiger charge is -2.23. The summed E-state index contributed by atoms with van der Waals surface area (Å²) in [5.41, 5.74) is 7.25. The summed E-state index contributed by atoms with van der Waals surface area (Å²) in [6, 6.07) is 6.23. The van der Waals surface area contributed by atoms with E-state index in [0.29, 0.717) is 37.4 Å². The van der Waals surface area contributed by atoms with E-state index in [1.54, 1.807) is 50.5 Å². The number of benzene rings is 1. The summed E-state index contributed by atoms with van der Waals surface area (Å²) in [7, 11) is 5.47. The van der Waals surface area contributed by atoms with Gasteiger partial charge in [0.1, 0.15) is 11.9 Å². The van der Waals surface area contributed by atoms with Gasteiger partial charge in [-0.25, -0.2) is 4.98 Å². The zero-order valence-corrected chi connectivity index (χ0v) is 24.3. The highest BCUT2D eigenvalue weighted by molar-refractivity contribution is 5.93. The summed E-state index contributed by atoms with van der Waals surface area (Å²) >= 11 is 0. The van der Waals surface area contributed by atoms with E-state index in [2.05, 4.69) is 32.4 Å². The predicted octanol–water partition coefficient (Wildman–Crippen LogP) is 2.13. The van der Waals surface area contributed by atoms with Gasteiger partial charge < -0.3 is 31.1 Å². The number of anilines is 3. The molecule has 218 valence electrons. The molecule has 0 aliphatic carbocycles. The lowest BCUT2D eigenvalue weighted by molar-refractivity contribution is -0.135. The number of nitrogens with two attached hydrogens (primary N) is 1. The van der Waals surface area contributed by atoms with Crippen LogP contribution in [0.3, 0.4) is 0 Å². The molecule has 2 heterocycles. The maximum absolute atomic E-state index is 12.5. The highest BCUT2D eigenvalue weighted by atomic mass is 16.2. The van der Waals surface area contributed by atoms with Gasteiger partial charge in [-0.15, -0.1) is 0 Å². The van der Waals surface area contributed by atoms with Crippen molar-refractivity contribution in [2.24, 2.45) is 5.73 Å². The Kier molecular flexibility index (Phi) is 11.7. The molecule has 0 saturated carbocycles. The molecule has 1 aliphatic rings. The smallest absolute Gasteiger partial charge is 0.248 e. The van der Waals surface area contributed by atoms with Gasteiger partial charge in [0.2, 0.25) is 23.7 Å². The number of rotatable bonds is 12. The fourth-order valence-electron chi connectivity index (χ4n) is 4.08. The first kappa shape index (κ1) is 31.1. The van der Waals surface area contributed by atoms with E-state index in [1.807, 2.05) is 19.0 Å². The molecule has 1 aliphatic heterocycles. The zero-order chi connectivity index (χ0) is 29.8. The molecule has 1 atom stereocenters. The number of nitrogens with one attached hydrogen (secondary N) is 2. The molecule has 41 heavy (non-hydrogen) atoms. The Morgan fingerprint density at radius 2 is 1.85 bits per heavy atom. The van der Waals surface area contributed by atoms with Gasteiger partial charge in [-0.2, -0.15) is 4.98 Å². The van der Waals surface area contributed by atoms with E-state index < -0.39 is 11.9 Å². The van der Waals surface area contributed by atoms with Crippen LogP contribution < -0.4 is 21.3 Å². The molecule has 0 radical (unpaired) electrons. The number of primary amides is 1. The minimum Gasteiger partial charge on any atom is -0.366 e. The van der Waals surface area contributed by atoms with Crippen molar-refractivity contribution in [1.29, 1.82) is 0 Å². The Balaban J connectivity index is 1.54. The van der Waals surface area contributed by atoms with Gasteiger partial charge in [0, 0.05) is 57.0 Å². The van der Waals surface area contributed by atoms with E-state index in [4.69, 9.17) is 10.7 Å². The van der Waals surface area contributed by atoms with Crippen LogP contribution in [0.4, 0.5) is 17.5 Å². The van der Waals surface area contributed by atoms with Crippen LogP contribution in [0.1, 0.15) is 48.5 Å². The van der Waals surface area contributed by atoms with Crippen LogP contribution in [0.15, 0.2) is 42.6 Å². The van der Waals surface area contributed by atoms with Gasteiger partial charge in [0.15, 0.2) is 0 Å². The number of likely N-dealkylation sites (N-methyl/N-ethyl adjacent to an activating group) is 2. The first-order valence-electron chi connectivity index (χ1n) is 13.8. The molecule has 1 fully saturated rings. The van der Waals surface area contributed by atoms with Crippen LogP contribution >= 0.6 is 0 Å². The van der Waals surface area contributed by atoms with Gasteiger partial charge in [-0.05, 0) is 64.5 Å². The third kappa shape index (κ3) is 9.61. The molecule has 1 aromatic heterocycles. The Morgan fingerprint density at radius 1 is 1.15 bits per heavy atom. The molecule has 0 unspecified atom stereocenters. The molecule has 4 N–H and O–H groups in total. The Labute approximate surface area is 242 Å². The van der Waals surface area contributed by atoms with E-state index in [-0.39, 0.29) is 11.8 Å². The first-order valence-corrected chi connectivity index (χ1v) is 13.8. The molecule has 3 amide bonds. The molecule has 1 aromatic carbocycles. The summed E-state index contributed by atoms with van der Waals surface area (Å²) in [4.78, 5) is 50.9. The minimum atomic E-state index is -0.578. The van der Waals surface area contributed by atoms with Crippen molar-refractivity contribution in [3.05, 3.63) is 53.7 Å². The van der Waals surface area contributed by atoms with Crippen LogP contribution in [0, 0.1) is 11.8 Å². The fraction of sp³-hybridized carbons (Fsp3) is 0.433. The van der Waals surface area contributed by atoms with Crippen molar-refractivity contribution in [2.45, 2.75) is 38.6 Å². The van der Waals surface area contributed by atoms with Gasteiger partial charge in [0.25, 0.3) is 0 Å². The maximum atomic E-state index is 12.5. The SMILES string of the molecule is C[C@@H](C(=O)NCCCC#Cc1cnc(Nc2ccc(C(N)=O)cc2)nc1N1CCCC1)N(C)C(=O)C=CCN(C)C. The largest absolute Gasteiger partial charge is 0.366 e. The van der Waals surface area contributed by atoms with Gasteiger partial charge in [-0.3, -0.25) is 14.4 Å². The van der Waals surface area contributed by atoms with Crippen molar-refractivity contribution in [1.82, 2.24) is 25.1 Å². The summed E-state index contributed by atoms with van der Waals surface area (Å²) in [5.74, 6) is 6.72. The molecule has 11 heteroatoms. The van der Waals surface area contributed by atoms with Gasteiger partial charge >= 0.3 is 0 Å². The average Bonchev–Trinajstić information content (AvgIpc) is 3.49. The van der Waals surface area contributed by atoms with E-state index >= 15 is 0 Å². The highest BCUT2D eigenvalue weighted by Gasteiger charge is 2.20. The topological polar surface area (TPSA) is 137 Å². The Morgan fingerprint density at radius 3 is 2.51 bits per heavy atom. The molecule has 3 rings (SSSR count). The summed E-state index contributed by atoms with van der Waals surface area (Å²) in [5, 5.41) is 6.06. The number of carbonyl (C=O) groups is 3. The van der Waals surface area contributed by atoms with E-state index in [9.17, 15) is 14.4 Å². The molecule has 1 saturated heterocycles. The monoisotopic (exact) mass is 560 g/mol. The maximum Gasteiger partial charge on any atom is 0.248 e. The number of hydrogen-bond acceptors (Lipinski definition) is 8. The number of nitrogens with zero attached hydrogens (tertiary/aromatic N) is 5. The number of unbranched alkanes of at least 4 members (excludes halogenated alkanes) is 1. The summed E-state index contributed by atoms with van der Waals surface area (Å²) in [6.45, 7) is 4.64. The number of aromatic nitrogens is 2. The fourth-order valence-corrected chi connectivity index (χ4v) is 4.08. The minimum absolute atomic E-state index is 0.202. The lowest BCUT2D eigenvalue weighted by atomic mass is 10.2. The zero-order valence-electron chi connectivity index (χ0n) is 24.3. The Hall–Kier alpha value is -4.43. The molecule has 0 spiro atoms. The van der Waals surface area contributed by atoms with Crippen molar-refractivity contribution in [3.8, 4) is 11.8 Å². The molecule has 2 aromatic rings. The second-order valence-electron chi connectivity index (χ2n) is 10.2.